The molecule has 0 fully saturated rings. The van der Waals surface area contributed by atoms with Crippen molar-refractivity contribution in [3.63, 3.8) is 0 Å². The monoisotopic (exact) mass is 150 g/mol. The van der Waals surface area contributed by atoms with Crippen LogP contribution in [-0.2, 0) is 0 Å². The van der Waals surface area contributed by atoms with Crippen LogP contribution < -0.4 is 5.73 Å². The molecule has 0 aromatic carbocycles. The average molecular weight is 150 g/mol. The van der Waals surface area contributed by atoms with Gasteiger partial charge in [-0.15, -0.1) is 0 Å². The number of rotatable bonds is 2. The maximum absolute atomic E-state index is 5.53. The molecule has 2 heteroatoms. The third-order valence-corrected chi connectivity index (χ3v) is 1.84. The zero-order chi connectivity index (χ0) is 8.27. The quantitative estimate of drug-likeness (QED) is 0.693. The molecule has 1 aromatic heterocycles. The van der Waals surface area contributed by atoms with Gasteiger partial charge >= 0.3 is 0 Å². The topological polar surface area (TPSA) is 38.9 Å². The van der Waals surface area contributed by atoms with Crippen LogP contribution in [0.15, 0.2) is 18.3 Å². The lowest BCUT2D eigenvalue weighted by atomic mass is 10.0. The van der Waals surface area contributed by atoms with E-state index in [9.17, 15) is 0 Å². The minimum absolute atomic E-state index is 0.441. The van der Waals surface area contributed by atoms with E-state index in [0.29, 0.717) is 12.5 Å². The first-order valence-corrected chi connectivity index (χ1v) is 3.86. The fourth-order valence-corrected chi connectivity index (χ4v) is 1.01. The fourth-order valence-electron chi connectivity index (χ4n) is 1.01. The molecule has 1 rings (SSSR count). The van der Waals surface area contributed by atoms with E-state index in [2.05, 4.69) is 18.0 Å². The van der Waals surface area contributed by atoms with Crippen LogP contribution in [0, 0.1) is 6.92 Å². The average Bonchev–Trinajstić information content (AvgIpc) is 2.03. The van der Waals surface area contributed by atoms with Crippen molar-refractivity contribution in [2.75, 3.05) is 6.54 Å². The number of nitrogens with two attached hydrogens (primary N) is 1. The first-order chi connectivity index (χ1) is 5.24. The Bertz CT molecular complexity index is 233. The Morgan fingerprint density at radius 3 is 2.91 bits per heavy atom. The van der Waals surface area contributed by atoms with E-state index in [1.807, 2.05) is 19.2 Å². The number of hydrogen-bond donors (Lipinski definition) is 1. The smallest absolute Gasteiger partial charge is 0.0375 e. The van der Waals surface area contributed by atoms with Gasteiger partial charge in [0.25, 0.3) is 0 Å². The predicted molar refractivity (Wildman–Crippen MR) is 46.4 cm³/mol. The molecule has 0 saturated heterocycles. The molecule has 0 aliphatic rings. The molecule has 0 aliphatic heterocycles. The van der Waals surface area contributed by atoms with E-state index < -0.39 is 0 Å². The molecule has 0 saturated carbocycles. The van der Waals surface area contributed by atoms with Crippen molar-refractivity contribution in [3.8, 4) is 0 Å². The molecule has 1 heterocycles. The highest BCUT2D eigenvalue weighted by Gasteiger charge is 2.01. The summed E-state index contributed by atoms with van der Waals surface area (Å²) in [6.45, 7) is 4.81. The summed E-state index contributed by atoms with van der Waals surface area (Å²) in [4.78, 5) is 4.12. The van der Waals surface area contributed by atoms with Crippen LogP contribution in [0.3, 0.4) is 0 Å². The van der Waals surface area contributed by atoms with Gasteiger partial charge in [-0.05, 0) is 37.1 Å². The van der Waals surface area contributed by atoms with Gasteiger partial charge in [0.05, 0.1) is 0 Å². The molecule has 60 valence electrons. The van der Waals surface area contributed by atoms with Gasteiger partial charge in [-0.1, -0.05) is 6.92 Å². The summed E-state index contributed by atoms with van der Waals surface area (Å²) in [5, 5.41) is 0. The highest BCUT2D eigenvalue weighted by atomic mass is 14.6. The fraction of sp³-hybridized carbons (Fsp3) is 0.444. The maximum Gasteiger partial charge on any atom is 0.0375 e. The zero-order valence-corrected chi connectivity index (χ0v) is 7.04. The first-order valence-electron chi connectivity index (χ1n) is 3.86. The second-order valence-electron chi connectivity index (χ2n) is 2.87. The molecule has 1 unspecified atom stereocenters. The molecule has 1 aromatic rings. The molecule has 2 N–H and O–H groups in total. The molecule has 0 amide bonds. The van der Waals surface area contributed by atoms with Crippen LogP contribution in [0.4, 0.5) is 0 Å². The van der Waals surface area contributed by atoms with Gasteiger partial charge in [0, 0.05) is 11.9 Å². The first kappa shape index (κ1) is 8.21. The second-order valence-corrected chi connectivity index (χ2v) is 2.87. The van der Waals surface area contributed by atoms with Gasteiger partial charge in [0.2, 0.25) is 0 Å². The summed E-state index contributed by atoms with van der Waals surface area (Å²) in [5.74, 6) is 0.441. The normalized spacial score (nSPS) is 13.0. The minimum Gasteiger partial charge on any atom is -0.330 e. The van der Waals surface area contributed by atoms with Crippen molar-refractivity contribution < 1.29 is 0 Å². The lowest BCUT2D eigenvalue weighted by Gasteiger charge is -2.07. The highest BCUT2D eigenvalue weighted by molar-refractivity contribution is 5.19. The number of aromatic nitrogens is 1. The summed E-state index contributed by atoms with van der Waals surface area (Å²) < 4.78 is 0. The Balaban J connectivity index is 2.86. The van der Waals surface area contributed by atoms with Gasteiger partial charge in [-0.3, -0.25) is 4.98 Å². The molecular formula is C9H14N2. The van der Waals surface area contributed by atoms with Crippen molar-refractivity contribution in [3.05, 3.63) is 29.6 Å². The van der Waals surface area contributed by atoms with Crippen molar-refractivity contribution in [1.82, 2.24) is 4.98 Å². The molecule has 1 atom stereocenters. The second kappa shape index (κ2) is 3.49. The third-order valence-electron chi connectivity index (χ3n) is 1.84. The van der Waals surface area contributed by atoms with Crippen molar-refractivity contribution in [2.24, 2.45) is 5.73 Å². The SMILES string of the molecule is Cc1cc(C(C)CN)ccn1. The van der Waals surface area contributed by atoms with E-state index in [1.165, 1.54) is 5.56 Å². The van der Waals surface area contributed by atoms with Gasteiger partial charge in [0.1, 0.15) is 0 Å². The number of pyridine rings is 1. The Morgan fingerprint density at radius 2 is 2.36 bits per heavy atom. The third kappa shape index (κ3) is 2.02. The van der Waals surface area contributed by atoms with E-state index in [0.717, 1.165) is 5.69 Å². The standard InChI is InChI=1S/C9H14N2/c1-7(6-10)9-3-4-11-8(2)5-9/h3-5,7H,6,10H2,1-2H3. The van der Waals surface area contributed by atoms with Crippen LogP contribution in [0.5, 0.6) is 0 Å². The van der Waals surface area contributed by atoms with E-state index in [4.69, 9.17) is 5.73 Å². The van der Waals surface area contributed by atoms with Crippen molar-refractivity contribution in [1.29, 1.82) is 0 Å². The summed E-state index contributed by atoms with van der Waals surface area (Å²) >= 11 is 0. The highest BCUT2D eigenvalue weighted by Crippen LogP contribution is 2.12. The molecule has 0 aliphatic carbocycles. The summed E-state index contributed by atoms with van der Waals surface area (Å²) in [7, 11) is 0. The predicted octanol–water partition coefficient (Wildman–Crippen LogP) is 1.45. The van der Waals surface area contributed by atoms with Crippen LogP contribution in [0.1, 0.15) is 24.1 Å². The maximum atomic E-state index is 5.53. The molecule has 11 heavy (non-hydrogen) atoms. The Kier molecular flexibility index (Phi) is 2.60. The van der Waals surface area contributed by atoms with Crippen LogP contribution in [0.2, 0.25) is 0 Å². The van der Waals surface area contributed by atoms with Crippen molar-refractivity contribution in [2.45, 2.75) is 19.8 Å². The lowest BCUT2D eigenvalue weighted by molar-refractivity contribution is 0.770. The van der Waals surface area contributed by atoms with Crippen LogP contribution >= 0.6 is 0 Å². The molecule has 0 spiro atoms. The number of hydrogen-bond acceptors (Lipinski definition) is 2. The van der Waals surface area contributed by atoms with Crippen molar-refractivity contribution >= 4 is 0 Å². The zero-order valence-electron chi connectivity index (χ0n) is 7.04. The van der Waals surface area contributed by atoms with Gasteiger partial charge in [-0.25, -0.2) is 0 Å². The molecular weight excluding hydrogens is 136 g/mol. The van der Waals surface area contributed by atoms with E-state index in [1.54, 1.807) is 0 Å². The molecule has 2 nitrogen and oxygen atoms in total. The van der Waals surface area contributed by atoms with Gasteiger partial charge < -0.3 is 5.73 Å². The Morgan fingerprint density at radius 1 is 1.64 bits per heavy atom. The van der Waals surface area contributed by atoms with Gasteiger partial charge in [-0.2, -0.15) is 0 Å². The summed E-state index contributed by atoms with van der Waals surface area (Å²) in [5.41, 5.74) is 7.87. The van der Waals surface area contributed by atoms with Crippen LogP contribution in [-0.4, -0.2) is 11.5 Å². The number of aryl methyl sites for hydroxylation is 1. The lowest BCUT2D eigenvalue weighted by Crippen LogP contribution is -2.08. The minimum atomic E-state index is 0.441. The molecule has 0 radical (unpaired) electrons. The van der Waals surface area contributed by atoms with E-state index in [-0.39, 0.29) is 0 Å². The molecule has 0 bridgehead atoms. The van der Waals surface area contributed by atoms with Gasteiger partial charge in [0.15, 0.2) is 0 Å². The summed E-state index contributed by atoms with van der Waals surface area (Å²) in [6.07, 6.45) is 1.83. The Hall–Kier alpha value is -0.890. The largest absolute Gasteiger partial charge is 0.330 e. The Labute approximate surface area is 67.5 Å². The van der Waals surface area contributed by atoms with Crippen LogP contribution in [0.25, 0.3) is 0 Å². The number of nitrogens with zero attached hydrogens (tertiary/aromatic N) is 1. The summed E-state index contributed by atoms with van der Waals surface area (Å²) in [6, 6.07) is 4.10. The van der Waals surface area contributed by atoms with E-state index >= 15 is 0 Å².